The largest absolute Gasteiger partial charge is 0.494 e. The number of aryl methyl sites for hydroxylation is 2. The summed E-state index contributed by atoms with van der Waals surface area (Å²) in [7, 11) is 0. The predicted molar refractivity (Wildman–Crippen MR) is 82.4 cm³/mol. The molecule has 0 spiro atoms. The van der Waals surface area contributed by atoms with E-state index >= 15 is 0 Å². The zero-order chi connectivity index (χ0) is 13.9. The molecule has 1 aliphatic carbocycles. The van der Waals surface area contributed by atoms with E-state index in [0.29, 0.717) is 6.61 Å². The van der Waals surface area contributed by atoms with Crippen molar-refractivity contribution >= 4 is 11.3 Å². The van der Waals surface area contributed by atoms with Gasteiger partial charge in [0.15, 0.2) is 0 Å². The van der Waals surface area contributed by atoms with Crippen LogP contribution in [0.15, 0.2) is 24.3 Å². The Morgan fingerprint density at radius 1 is 1.35 bits per heavy atom. The Morgan fingerprint density at radius 2 is 2.20 bits per heavy atom. The zero-order valence-electron chi connectivity index (χ0n) is 11.8. The molecule has 1 atom stereocenters. The van der Waals surface area contributed by atoms with Crippen LogP contribution >= 0.6 is 11.3 Å². The second kappa shape index (κ2) is 5.94. The molecule has 20 heavy (non-hydrogen) atoms. The predicted octanol–water partition coefficient (Wildman–Crippen LogP) is 3.47. The van der Waals surface area contributed by atoms with Crippen molar-refractivity contribution in [2.24, 2.45) is 5.73 Å². The van der Waals surface area contributed by atoms with Crippen LogP contribution in [0.5, 0.6) is 5.75 Å². The summed E-state index contributed by atoms with van der Waals surface area (Å²) in [4.78, 5) is 6.19. The second-order valence-electron chi connectivity index (χ2n) is 5.11. The number of benzene rings is 1. The first kappa shape index (κ1) is 13.6. The van der Waals surface area contributed by atoms with Crippen molar-refractivity contribution in [2.75, 3.05) is 6.61 Å². The SMILES string of the molecule is CCOc1cccc(C(N)c2nc3c(s2)CCCC3)c1. The van der Waals surface area contributed by atoms with E-state index in [2.05, 4.69) is 0 Å². The van der Waals surface area contributed by atoms with E-state index in [1.54, 1.807) is 11.3 Å². The summed E-state index contributed by atoms with van der Waals surface area (Å²) < 4.78 is 5.54. The number of rotatable bonds is 4. The van der Waals surface area contributed by atoms with Gasteiger partial charge in [0.05, 0.1) is 18.3 Å². The Balaban J connectivity index is 1.86. The van der Waals surface area contributed by atoms with E-state index in [1.807, 2.05) is 31.2 Å². The molecule has 3 nitrogen and oxygen atoms in total. The van der Waals surface area contributed by atoms with Gasteiger partial charge in [-0.15, -0.1) is 11.3 Å². The van der Waals surface area contributed by atoms with Gasteiger partial charge >= 0.3 is 0 Å². The minimum atomic E-state index is -0.147. The summed E-state index contributed by atoms with van der Waals surface area (Å²) in [5.74, 6) is 0.877. The standard InChI is InChI=1S/C16H20N2OS/c1-2-19-12-7-5-6-11(10-12)15(17)16-18-13-8-3-4-9-14(13)20-16/h5-7,10,15H,2-4,8-9,17H2,1H3. The summed E-state index contributed by atoms with van der Waals surface area (Å²) in [6.45, 7) is 2.66. The smallest absolute Gasteiger partial charge is 0.119 e. The van der Waals surface area contributed by atoms with Crippen LogP contribution in [0.2, 0.25) is 0 Å². The number of ether oxygens (including phenoxy) is 1. The van der Waals surface area contributed by atoms with Crippen LogP contribution in [0.1, 0.15) is 46.9 Å². The third kappa shape index (κ3) is 2.72. The fourth-order valence-electron chi connectivity index (χ4n) is 2.61. The van der Waals surface area contributed by atoms with Gasteiger partial charge in [-0.3, -0.25) is 0 Å². The number of hydrogen-bond acceptors (Lipinski definition) is 4. The van der Waals surface area contributed by atoms with Crippen LogP contribution < -0.4 is 10.5 Å². The Morgan fingerprint density at radius 3 is 3.00 bits per heavy atom. The number of thiazole rings is 1. The molecule has 0 amide bonds. The Bertz CT molecular complexity index is 570. The molecule has 1 aliphatic rings. The van der Waals surface area contributed by atoms with Crippen molar-refractivity contribution in [2.45, 2.75) is 38.6 Å². The molecule has 0 fully saturated rings. The molecule has 0 saturated carbocycles. The van der Waals surface area contributed by atoms with Crippen LogP contribution in [0.25, 0.3) is 0 Å². The van der Waals surface area contributed by atoms with Gasteiger partial charge < -0.3 is 10.5 Å². The number of aromatic nitrogens is 1. The van der Waals surface area contributed by atoms with Crippen LogP contribution in [-0.2, 0) is 12.8 Å². The summed E-state index contributed by atoms with van der Waals surface area (Å²) in [6, 6.07) is 7.88. The fraction of sp³-hybridized carbons (Fsp3) is 0.438. The highest BCUT2D eigenvalue weighted by molar-refractivity contribution is 7.11. The van der Waals surface area contributed by atoms with Gasteiger partial charge in [0.1, 0.15) is 10.8 Å². The van der Waals surface area contributed by atoms with Gasteiger partial charge in [-0.2, -0.15) is 0 Å². The lowest BCUT2D eigenvalue weighted by Crippen LogP contribution is -2.12. The lowest BCUT2D eigenvalue weighted by molar-refractivity contribution is 0.340. The molecular weight excluding hydrogens is 268 g/mol. The van der Waals surface area contributed by atoms with Gasteiger partial charge in [-0.1, -0.05) is 12.1 Å². The van der Waals surface area contributed by atoms with Crippen molar-refractivity contribution in [3.05, 3.63) is 45.4 Å². The van der Waals surface area contributed by atoms with Crippen molar-refractivity contribution in [3.63, 3.8) is 0 Å². The first-order chi connectivity index (χ1) is 9.78. The molecule has 1 aromatic carbocycles. The summed E-state index contributed by atoms with van der Waals surface area (Å²) in [5, 5.41) is 1.03. The Labute approximate surface area is 123 Å². The maximum atomic E-state index is 6.39. The third-order valence-corrected chi connectivity index (χ3v) is 4.90. The van der Waals surface area contributed by atoms with Crippen LogP contribution in [-0.4, -0.2) is 11.6 Å². The molecule has 2 aromatic rings. The summed E-state index contributed by atoms with van der Waals surface area (Å²) in [5.41, 5.74) is 8.73. The zero-order valence-corrected chi connectivity index (χ0v) is 12.6. The summed E-state index contributed by atoms with van der Waals surface area (Å²) in [6.07, 6.45) is 4.81. The number of nitrogens with zero attached hydrogens (tertiary/aromatic N) is 1. The maximum absolute atomic E-state index is 6.39. The first-order valence-electron chi connectivity index (χ1n) is 7.24. The first-order valence-corrected chi connectivity index (χ1v) is 8.06. The highest BCUT2D eigenvalue weighted by atomic mass is 32.1. The second-order valence-corrected chi connectivity index (χ2v) is 6.23. The van der Waals surface area contributed by atoms with E-state index in [1.165, 1.54) is 29.8 Å². The number of fused-ring (bicyclic) bond motifs is 1. The monoisotopic (exact) mass is 288 g/mol. The average molecular weight is 288 g/mol. The molecule has 1 heterocycles. The topological polar surface area (TPSA) is 48.1 Å². The number of nitrogens with two attached hydrogens (primary N) is 1. The highest BCUT2D eigenvalue weighted by Gasteiger charge is 2.19. The molecular formula is C16H20N2OS. The quantitative estimate of drug-likeness (QED) is 0.937. The van der Waals surface area contributed by atoms with Gasteiger partial charge in [0.2, 0.25) is 0 Å². The molecule has 106 valence electrons. The van der Waals surface area contributed by atoms with Crippen molar-refractivity contribution in [1.29, 1.82) is 0 Å². The molecule has 0 radical (unpaired) electrons. The lowest BCUT2D eigenvalue weighted by Gasteiger charge is -2.11. The highest BCUT2D eigenvalue weighted by Crippen LogP contribution is 2.32. The summed E-state index contributed by atoms with van der Waals surface area (Å²) >= 11 is 1.78. The van der Waals surface area contributed by atoms with Crippen LogP contribution in [0.4, 0.5) is 0 Å². The third-order valence-electron chi connectivity index (χ3n) is 3.66. The Kier molecular flexibility index (Phi) is 4.03. The molecule has 4 heteroatoms. The van der Waals surface area contributed by atoms with Gasteiger partial charge in [0.25, 0.3) is 0 Å². The van der Waals surface area contributed by atoms with E-state index in [0.717, 1.165) is 22.7 Å². The van der Waals surface area contributed by atoms with E-state index < -0.39 is 0 Å². The molecule has 0 aliphatic heterocycles. The van der Waals surface area contributed by atoms with Crippen molar-refractivity contribution in [1.82, 2.24) is 4.98 Å². The van der Waals surface area contributed by atoms with Crippen molar-refractivity contribution in [3.8, 4) is 5.75 Å². The van der Waals surface area contributed by atoms with Crippen LogP contribution in [0.3, 0.4) is 0 Å². The maximum Gasteiger partial charge on any atom is 0.119 e. The van der Waals surface area contributed by atoms with Gasteiger partial charge in [0, 0.05) is 4.88 Å². The van der Waals surface area contributed by atoms with Gasteiger partial charge in [-0.05, 0) is 50.3 Å². The molecule has 1 aromatic heterocycles. The fourth-order valence-corrected chi connectivity index (χ4v) is 3.80. The minimum absolute atomic E-state index is 0.147. The number of hydrogen-bond donors (Lipinski definition) is 1. The van der Waals surface area contributed by atoms with Gasteiger partial charge in [-0.25, -0.2) is 4.98 Å². The average Bonchev–Trinajstić information content (AvgIpc) is 2.91. The molecule has 1 unspecified atom stereocenters. The molecule has 3 rings (SSSR count). The van der Waals surface area contributed by atoms with E-state index in [9.17, 15) is 0 Å². The van der Waals surface area contributed by atoms with E-state index in [4.69, 9.17) is 15.5 Å². The minimum Gasteiger partial charge on any atom is -0.494 e. The lowest BCUT2D eigenvalue weighted by atomic mass is 10.0. The van der Waals surface area contributed by atoms with E-state index in [-0.39, 0.29) is 6.04 Å². The normalized spacial score (nSPS) is 15.7. The molecule has 0 bridgehead atoms. The van der Waals surface area contributed by atoms with Crippen molar-refractivity contribution < 1.29 is 4.74 Å². The molecule has 2 N–H and O–H groups in total. The van der Waals surface area contributed by atoms with Crippen LogP contribution in [0, 0.1) is 0 Å². The Hall–Kier alpha value is -1.39. The molecule has 0 saturated heterocycles.